The average Bonchev–Trinajstić information content (AvgIpc) is 3.28. The highest BCUT2D eigenvalue weighted by atomic mass is 16.5. The topological polar surface area (TPSA) is 90.4 Å². The second-order valence-corrected chi connectivity index (χ2v) is 15.8. The van der Waals surface area contributed by atoms with E-state index in [2.05, 4.69) is 34.6 Å². The van der Waals surface area contributed by atoms with Gasteiger partial charge < -0.3 is 24.5 Å². The third-order valence-electron chi connectivity index (χ3n) is 10.4. The Morgan fingerprint density at radius 2 is 1.45 bits per heavy atom. The van der Waals surface area contributed by atoms with Gasteiger partial charge in [-0.2, -0.15) is 0 Å². The largest absolute Gasteiger partial charge is 0.394 e. The molecule has 0 aliphatic carbocycles. The summed E-state index contributed by atoms with van der Waals surface area (Å²) in [4.78, 5) is 50.0. The Balaban J connectivity index is 1.46. The molecule has 8 nitrogen and oxygen atoms in total. The van der Waals surface area contributed by atoms with E-state index in [1.807, 2.05) is 96.8 Å². The van der Waals surface area contributed by atoms with Crippen molar-refractivity contribution in [2.75, 3.05) is 19.7 Å². The number of fused-ring (bicyclic) bond motifs is 2. The summed E-state index contributed by atoms with van der Waals surface area (Å²) >= 11 is 0. The van der Waals surface area contributed by atoms with Crippen LogP contribution in [0.25, 0.3) is 0 Å². The first-order valence-corrected chi connectivity index (χ1v) is 16.9. The lowest BCUT2D eigenvalue weighted by Gasteiger charge is -2.45. The van der Waals surface area contributed by atoms with Crippen molar-refractivity contribution in [2.24, 2.45) is 17.3 Å². The molecule has 1 spiro atoms. The molecule has 0 radical (unpaired) electrons. The van der Waals surface area contributed by atoms with Crippen LogP contribution in [0.1, 0.15) is 59.1 Å². The van der Waals surface area contributed by atoms with Crippen LogP contribution in [0.15, 0.2) is 85.0 Å². The number of nitrogens with zero attached hydrogens (tertiary/aromatic N) is 3. The Labute approximate surface area is 279 Å². The van der Waals surface area contributed by atoms with Crippen molar-refractivity contribution >= 4 is 17.7 Å². The first-order valence-electron chi connectivity index (χ1n) is 16.9. The minimum atomic E-state index is -1.39. The molecule has 250 valence electrons. The molecule has 2 aromatic rings. The fourth-order valence-electron chi connectivity index (χ4n) is 8.93. The Bertz CT molecular complexity index is 1560. The third-order valence-corrected chi connectivity index (χ3v) is 10.4. The van der Waals surface area contributed by atoms with Crippen LogP contribution in [0.3, 0.4) is 0 Å². The van der Waals surface area contributed by atoms with E-state index in [0.29, 0.717) is 26.1 Å². The fraction of sp³-hybridized carbons (Fsp3) is 0.513. The highest BCUT2D eigenvalue weighted by Crippen LogP contribution is 2.58. The van der Waals surface area contributed by atoms with Gasteiger partial charge in [0.1, 0.15) is 11.6 Å². The van der Waals surface area contributed by atoms with Crippen molar-refractivity contribution in [2.45, 2.75) is 89.8 Å². The van der Waals surface area contributed by atoms with Crippen molar-refractivity contribution in [3.63, 3.8) is 0 Å². The van der Waals surface area contributed by atoms with Crippen LogP contribution in [-0.4, -0.2) is 86.0 Å². The van der Waals surface area contributed by atoms with Crippen molar-refractivity contribution in [3.05, 3.63) is 96.1 Å². The molecule has 4 heterocycles. The molecule has 47 heavy (non-hydrogen) atoms. The lowest BCUT2D eigenvalue weighted by molar-refractivity contribution is -0.159. The van der Waals surface area contributed by atoms with Crippen molar-refractivity contribution < 1.29 is 24.2 Å². The lowest BCUT2D eigenvalue weighted by atomic mass is 9.74. The van der Waals surface area contributed by atoms with E-state index >= 15 is 9.59 Å². The Morgan fingerprint density at radius 3 is 2.06 bits per heavy atom. The number of ether oxygens (including phenoxy) is 1. The number of benzene rings is 2. The zero-order valence-corrected chi connectivity index (χ0v) is 28.6. The van der Waals surface area contributed by atoms with Crippen LogP contribution in [0.2, 0.25) is 0 Å². The van der Waals surface area contributed by atoms with Crippen molar-refractivity contribution in [3.8, 4) is 0 Å². The Hall–Kier alpha value is -3.75. The standard InChI is InChI=1S/C39H49N3O5/c1-36(2,3)26-37(4,5)41-22-14-20-39-31(34(45)42(32(39)35(41)46)29(25-43)23-27-15-9-7-10-16-27)30-33(44)40(21-13-19-38(30,6)47-39)24-28-17-11-8-12-18-28/h7-20,29-32,43H,21-26H2,1-6H3/t29-,30+,31+,32?,38-,39+/m1/s1. The van der Waals surface area contributed by atoms with E-state index in [1.54, 1.807) is 9.80 Å². The van der Waals surface area contributed by atoms with Gasteiger partial charge in [-0.05, 0) is 50.2 Å². The molecule has 2 fully saturated rings. The van der Waals surface area contributed by atoms with Gasteiger partial charge >= 0.3 is 0 Å². The molecule has 0 saturated carbocycles. The van der Waals surface area contributed by atoms with Gasteiger partial charge in [-0.15, -0.1) is 0 Å². The molecule has 2 saturated heterocycles. The van der Waals surface area contributed by atoms with Gasteiger partial charge in [0, 0.05) is 25.2 Å². The number of likely N-dealkylation sites (tertiary alicyclic amines) is 1. The van der Waals surface area contributed by atoms with Gasteiger partial charge in [-0.25, -0.2) is 0 Å². The van der Waals surface area contributed by atoms with E-state index < -0.39 is 40.7 Å². The van der Waals surface area contributed by atoms with Crippen LogP contribution >= 0.6 is 0 Å². The summed E-state index contributed by atoms with van der Waals surface area (Å²) in [6, 6.07) is 17.8. The SMILES string of the molecule is CC(C)(C)CC(C)(C)N1CC=C[C@]23O[C@]4(C)C=CCN(Cc5ccccc5)C(=O)[C@@H]4[C@H]2C(=O)N([C@@H](CO)Cc2ccccc2)C3C1=O. The van der Waals surface area contributed by atoms with Crippen LogP contribution in [0.5, 0.6) is 0 Å². The van der Waals surface area contributed by atoms with Crippen LogP contribution in [0, 0.1) is 17.3 Å². The highest BCUT2D eigenvalue weighted by Gasteiger charge is 2.75. The number of amides is 3. The molecule has 1 unspecified atom stereocenters. The Morgan fingerprint density at radius 1 is 0.830 bits per heavy atom. The molecular formula is C39H49N3O5. The number of hydrogen-bond acceptors (Lipinski definition) is 5. The third kappa shape index (κ3) is 5.84. The Kier molecular flexibility index (Phi) is 8.50. The molecule has 3 amide bonds. The number of aliphatic hydroxyl groups excluding tert-OH is 1. The fourth-order valence-corrected chi connectivity index (χ4v) is 8.93. The molecule has 1 N–H and O–H groups in total. The normalized spacial score (nSPS) is 29.8. The zero-order chi connectivity index (χ0) is 33.8. The number of carbonyl (C=O) groups is 3. The van der Waals surface area contributed by atoms with Crippen molar-refractivity contribution in [1.29, 1.82) is 0 Å². The van der Waals surface area contributed by atoms with E-state index in [4.69, 9.17) is 4.74 Å². The molecule has 6 atom stereocenters. The van der Waals surface area contributed by atoms with Gasteiger partial charge in [0.05, 0.1) is 30.1 Å². The molecular weight excluding hydrogens is 590 g/mol. The van der Waals surface area contributed by atoms with E-state index in [0.717, 1.165) is 17.5 Å². The summed E-state index contributed by atoms with van der Waals surface area (Å²) in [5.74, 6) is -2.51. The number of carbonyl (C=O) groups excluding carboxylic acids is 3. The lowest BCUT2D eigenvalue weighted by Crippen LogP contribution is -2.62. The van der Waals surface area contributed by atoms with Crippen LogP contribution < -0.4 is 0 Å². The second-order valence-electron chi connectivity index (χ2n) is 15.8. The predicted molar refractivity (Wildman–Crippen MR) is 181 cm³/mol. The minimum Gasteiger partial charge on any atom is -0.394 e. The maximum atomic E-state index is 15.1. The first-order chi connectivity index (χ1) is 22.2. The van der Waals surface area contributed by atoms with E-state index in [1.165, 1.54) is 0 Å². The molecule has 0 aromatic heterocycles. The van der Waals surface area contributed by atoms with Gasteiger partial charge in [-0.1, -0.05) is 106 Å². The summed E-state index contributed by atoms with van der Waals surface area (Å²) in [6.45, 7) is 13.3. The number of rotatable bonds is 8. The predicted octanol–water partition coefficient (Wildman–Crippen LogP) is 4.77. The molecule has 0 bridgehead atoms. The first kappa shape index (κ1) is 33.2. The smallest absolute Gasteiger partial charge is 0.249 e. The summed E-state index contributed by atoms with van der Waals surface area (Å²) < 4.78 is 7.06. The molecule has 4 aliphatic heterocycles. The maximum Gasteiger partial charge on any atom is 0.249 e. The van der Waals surface area contributed by atoms with E-state index in [9.17, 15) is 9.90 Å². The molecule has 2 aromatic carbocycles. The van der Waals surface area contributed by atoms with Gasteiger partial charge in [0.25, 0.3) is 0 Å². The summed E-state index contributed by atoms with van der Waals surface area (Å²) in [5, 5.41) is 10.9. The van der Waals surface area contributed by atoms with Gasteiger partial charge in [0.15, 0.2) is 0 Å². The zero-order valence-electron chi connectivity index (χ0n) is 28.6. The molecule has 6 rings (SSSR count). The maximum absolute atomic E-state index is 15.1. The summed E-state index contributed by atoms with van der Waals surface area (Å²) in [5.41, 5.74) is -1.16. The monoisotopic (exact) mass is 639 g/mol. The quantitative estimate of drug-likeness (QED) is 0.421. The molecule has 4 aliphatic rings. The van der Waals surface area contributed by atoms with Crippen molar-refractivity contribution in [1.82, 2.24) is 14.7 Å². The van der Waals surface area contributed by atoms with E-state index in [-0.39, 0.29) is 29.7 Å². The number of aliphatic hydroxyl groups is 1. The minimum absolute atomic E-state index is 0.0594. The van der Waals surface area contributed by atoms with Crippen LogP contribution in [0.4, 0.5) is 0 Å². The highest BCUT2D eigenvalue weighted by molar-refractivity contribution is 6.00. The van der Waals surface area contributed by atoms with Gasteiger partial charge in [0.2, 0.25) is 17.7 Å². The summed E-state index contributed by atoms with van der Waals surface area (Å²) in [7, 11) is 0. The number of hydrogen-bond donors (Lipinski definition) is 1. The van der Waals surface area contributed by atoms with Gasteiger partial charge in [-0.3, -0.25) is 14.4 Å². The molecule has 8 heteroatoms. The second kappa shape index (κ2) is 12.0. The summed E-state index contributed by atoms with van der Waals surface area (Å²) in [6.07, 6.45) is 8.80. The average molecular weight is 640 g/mol. The van der Waals surface area contributed by atoms with Crippen LogP contribution in [-0.2, 0) is 32.1 Å².